The third-order valence-corrected chi connectivity index (χ3v) is 9.69. The first kappa shape index (κ1) is 41.9. The quantitative estimate of drug-likeness (QED) is 0.0339. The normalized spacial score (nSPS) is 12.8. The number of quaternary nitrogens is 1. The fourth-order valence-electron chi connectivity index (χ4n) is 6.60. The summed E-state index contributed by atoms with van der Waals surface area (Å²) in [6.07, 6.45) is 43.1. The lowest BCUT2D eigenvalue weighted by molar-refractivity contribution is -0.928. The molecule has 0 aromatic heterocycles. The largest absolute Gasteiger partial charge is 0.631 e. The van der Waals surface area contributed by atoms with E-state index in [4.69, 9.17) is 0 Å². The fraction of sp³-hybridized carbons (Fsp3) is 1.00. The molecule has 0 rings (SSSR count). The van der Waals surface area contributed by atoms with Crippen LogP contribution in [0.1, 0.15) is 233 Å². The van der Waals surface area contributed by atoms with Gasteiger partial charge < -0.3 is 15.0 Å². The van der Waals surface area contributed by atoms with Gasteiger partial charge >= 0.3 is 0 Å². The molecule has 0 radical (unpaired) electrons. The average molecular weight is 596 g/mol. The summed E-state index contributed by atoms with van der Waals surface area (Å²) in [6.45, 7) is 7.74. The number of nitrogens with zero attached hydrogens (tertiary/aromatic N) is 1. The van der Waals surface area contributed by atoms with E-state index in [0.29, 0.717) is 19.5 Å². The summed E-state index contributed by atoms with van der Waals surface area (Å²) in [5.41, 5.74) is 0. The van der Waals surface area contributed by atoms with E-state index in [1.807, 2.05) is 6.92 Å². The molecule has 0 fully saturated rings. The molecule has 0 aromatic rings. The van der Waals surface area contributed by atoms with E-state index in [9.17, 15) is 10.3 Å². The van der Waals surface area contributed by atoms with Crippen LogP contribution in [0.3, 0.4) is 0 Å². The molecular formula is C39H81NO2. The van der Waals surface area contributed by atoms with Gasteiger partial charge in [0.25, 0.3) is 0 Å². The second kappa shape index (κ2) is 33.8. The third-order valence-electron chi connectivity index (χ3n) is 9.69. The van der Waals surface area contributed by atoms with Gasteiger partial charge in [-0.1, -0.05) is 201 Å². The lowest BCUT2D eigenvalue weighted by Gasteiger charge is -2.46. The van der Waals surface area contributed by atoms with Crippen LogP contribution < -0.4 is 0 Å². The summed E-state index contributed by atoms with van der Waals surface area (Å²) >= 11 is 0. The van der Waals surface area contributed by atoms with Crippen molar-refractivity contribution in [3.05, 3.63) is 5.21 Å². The fourth-order valence-corrected chi connectivity index (χ4v) is 6.60. The van der Waals surface area contributed by atoms with E-state index in [0.717, 1.165) is 25.7 Å². The van der Waals surface area contributed by atoms with Crippen molar-refractivity contribution in [1.82, 2.24) is 0 Å². The number of unbranched alkanes of at least 4 members (excludes halogenated alkanes) is 30. The molecule has 0 saturated carbocycles. The second-order valence-corrected chi connectivity index (χ2v) is 13.9. The Bertz CT molecular complexity index is 461. The Morgan fingerprint density at radius 3 is 0.738 bits per heavy atom. The van der Waals surface area contributed by atoms with Crippen molar-refractivity contribution in [2.75, 3.05) is 13.1 Å². The minimum absolute atomic E-state index is 0.367. The van der Waals surface area contributed by atoms with Gasteiger partial charge in [0.2, 0.25) is 0 Å². The highest BCUT2D eigenvalue weighted by Gasteiger charge is 2.24. The van der Waals surface area contributed by atoms with Crippen molar-refractivity contribution in [2.45, 2.75) is 239 Å². The zero-order valence-electron chi connectivity index (χ0n) is 29.6. The van der Waals surface area contributed by atoms with Crippen LogP contribution in [0.15, 0.2) is 0 Å². The Morgan fingerprint density at radius 1 is 0.357 bits per heavy atom. The Morgan fingerprint density at radius 2 is 0.548 bits per heavy atom. The van der Waals surface area contributed by atoms with Gasteiger partial charge in [0, 0.05) is 6.42 Å². The Kier molecular flexibility index (Phi) is 33.7. The highest BCUT2D eigenvalue weighted by atomic mass is 16.6. The van der Waals surface area contributed by atoms with E-state index in [1.54, 1.807) is 0 Å². The van der Waals surface area contributed by atoms with Gasteiger partial charge in [0.15, 0.2) is 6.23 Å². The molecular weight excluding hydrogens is 514 g/mol. The maximum Gasteiger partial charge on any atom is 0.189 e. The van der Waals surface area contributed by atoms with E-state index in [-0.39, 0.29) is 4.65 Å². The molecule has 0 saturated heterocycles. The van der Waals surface area contributed by atoms with Crippen LogP contribution in [0.4, 0.5) is 0 Å². The molecule has 0 amide bonds. The van der Waals surface area contributed by atoms with Gasteiger partial charge in [-0.2, -0.15) is 0 Å². The maximum absolute atomic E-state index is 13.4. The van der Waals surface area contributed by atoms with Crippen LogP contribution >= 0.6 is 0 Å². The van der Waals surface area contributed by atoms with Crippen molar-refractivity contribution < 1.29 is 9.75 Å². The first-order valence-electron chi connectivity index (χ1n) is 19.9. The summed E-state index contributed by atoms with van der Waals surface area (Å²) < 4.78 is -0.367. The van der Waals surface area contributed by atoms with Crippen LogP contribution in [0.25, 0.3) is 0 Å². The SMILES string of the molecule is CCCCCCCCCCCCCCCCCC[N+]([O-])(CCCCCCCCCCCCCCCCCC)C(O)CC. The van der Waals surface area contributed by atoms with Crippen LogP contribution in [0.5, 0.6) is 0 Å². The maximum atomic E-state index is 13.4. The Balaban J connectivity index is 3.61. The van der Waals surface area contributed by atoms with Crippen LogP contribution in [0, 0.1) is 5.21 Å². The number of aliphatic hydroxyl groups excluding tert-OH is 1. The predicted octanol–water partition coefficient (Wildman–Crippen LogP) is 13.6. The van der Waals surface area contributed by atoms with Crippen LogP contribution in [-0.4, -0.2) is 29.1 Å². The van der Waals surface area contributed by atoms with Crippen molar-refractivity contribution >= 4 is 0 Å². The molecule has 0 aliphatic rings. The lowest BCUT2D eigenvalue weighted by Crippen LogP contribution is -2.51. The van der Waals surface area contributed by atoms with Crippen LogP contribution in [0.2, 0.25) is 0 Å². The van der Waals surface area contributed by atoms with E-state index >= 15 is 0 Å². The number of rotatable bonds is 36. The Hall–Kier alpha value is -0.120. The highest BCUT2D eigenvalue weighted by Crippen LogP contribution is 2.20. The molecule has 0 aliphatic heterocycles. The first-order valence-corrected chi connectivity index (χ1v) is 19.9. The molecule has 1 N–H and O–H groups in total. The molecule has 0 spiro atoms. The zero-order valence-corrected chi connectivity index (χ0v) is 29.6. The summed E-state index contributed by atoms with van der Waals surface area (Å²) in [7, 11) is 0. The summed E-state index contributed by atoms with van der Waals surface area (Å²) in [6, 6.07) is 0. The molecule has 1 unspecified atom stereocenters. The van der Waals surface area contributed by atoms with Gasteiger partial charge in [-0.25, -0.2) is 0 Å². The Labute approximate surface area is 266 Å². The number of aliphatic hydroxyl groups is 1. The van der Waals surface area contributed by atoms with Crippen molar-refractivity contribution in [3.8, 4) is 0 Å². The molecule has 0 aromatic carbocycles. The number of hydrogen-bond acceptors (Lipinski definition) is 2. The van der Waals surface area contributed by atoms with Crippen molar-refractivity contribution in [2.24, 2.45) is 0 Å². The topological polar surface area (TPSA) is 43.3 Å². The minimum Gasteiger partial charge on any atom is -0.631 e. The van der Waals surface area contributed by atoms with E-state index < -0.39 is 6.23 Å². The van der Waals surface area contributed by atoms with Crippen molar-refractivity contribution in [1.29, 1.82) is 0 Å². The number of hydroxylamine groups is 3. The molecule has 254 valence electrons. The molecule has 3 nitrogen and oxygen atoms in total. The molecule has 0 aliphatic carbocycles. The standard InChI is InChI=1S/C39H81NO2/c1-4-7-9-11-13-15-17-19-21-23-25-27-29-31-33-35-37-40(42,39(41)6-3)38-36-34-32-30-28-26-24-22-20-18-16-14-12-10-8-5-2/h39,41H,4-38H2,1-3H3. The van der Waals surface area contributed by atoms with Crippen LogP contribution in [-0.2, 0) is 0 Å². The van der Waals surface area contributed by atoms with Crippen molar-refractivity contribution in [3.63, 3.8) is 0 Å². The van der Waals surface area contributed by atoms with Gasteiger partial charge in [0.1, 0.15) is 0 Å². The molecule has 1 atom stereocenters. The molecule has 42 heavy (non-hydrogen) atoms. The lowest BCUT2D eigenvalue weighted by atomic mass is 10.0. The van der Waals surface area contributed by atoms with Gasteiger partial charge in [-0.15, -0.1) is 0 Å². The van der Waals surface area contributed by atoms with E-state index in [2.05, 4.69) is 13.8 Å². The zero-order chi connectivity index (χ0) is 30.8. The van der Waals surface area contributed by atoms with Gasteiger partial charge in [-0.3, -0.25) is 0 Å². The first-order chi connectivity index (χ1) is 20.6. The number of hydrogen-bond donors (Lipinski definition) is 1. The van der Waals surface area contributed by atoms with Gasteiger partial charge in [0.05, 0.1) is 13.1 Å². The van der Waals surface area contributed by atoms with E-state index in [1.165, 1.54) is 180 Å². The van der Waals surface area contributed by atoms with Gasteiger partial charge in [-0.05, 0) is 25.7 Å². The highest BCUT2D eigenvalue weighted by molar-refractivity contribution is 4.55. The smallest absolute Gasteiger partial charge is 0.189 e. The monoisotopic (exact) mass is 596 g/mol. The molecule has 0 heterocycles. The summed E-state index contributed by atoms with van der Waals surface area (Å²) in [4.78, 5) is 0. The molecule has 0 bridgehead atoms. The molecule has 3 heteroatoms. The third kappa shape index (κ3) is 28.6. The second-order valence-electron chi connectivity index (χ2n) is 13.9. The predicted molar refractivity (Wildman–Crippen MR) is 189 cm³/mol. The summed E-state index contributed by atoms with van der Waals surface area (Å²) in [5, 5.41) is 23.9. The minimum atomic E-state index is -0.738. The average Bonchev–Trinajstić information content (AvgIpc) is 3.00. The summed E-state index contributed by atoms with van der Waals surface area (Å²) in [5.74, 6) is 0.